The summed E-state index contributed by atoms with van der Waals surface area (Å²) in [6.07, 6.45) is 1.65. The maximum absolute atomic E-state index is 12.4. The SMILES string of the molecule is Cc1cccc(Cn2nccc2NC(=O)CN2CCN(S(N)(=O)=O)CC2)c1. The summed E-state index contributed by atoms with van der Waals surface area (Å²) in [6, 6.07) is 9.88. The highest BCUT2D eigenvalue weighted by Gasteiger charge is 2.25. The Bertz CT molecular complexity index is 903. The van der Waals surface area contributed by atoms with E-state index in [-0.39, 0.29) is 25.5 Å². The molecule has 0 spiro atoms. The van der Waals surface area contributed by atoms with Gasteiger partial charge in [0.25, 0.3) is 10.2 Å². The van der Waals surface area contributed by atoms with Gasteiger partial charge in [0.15, 0.2) is 0 Å². The number of nitrogens with zero attached hydrogens (tertiary/aromatic N) is 4. The maximum Gasteiger partial charge on any atom is 0.276 e. The zero-order chi connectivity index (χ0) is 19.4. The largest absolute Gasteiger partial charge is 0.310 e. The van der Waals surface area contributed by atoms with Crippen LogP contribution in [0.3, 0.4) is 0 Å². The number of benzene rings is 1. The highest BCUT2D eigenvalue weighted by Crippen LogP contribution is 2.12. The number of hydrogen-bond donors (Lipinski definition) is 2. The lowest BCUT2D eigenvalue weighted by Crippen LogP contribution is -2.52. The fourth-order valence-corrected chi connectivity index (χ4v) is 3.75. The van der Waals surface area contributed by atoms with Crippen molar-refractivity contribution in [1.29, 1.82) is 0 Å². The molecule has 1 fully saturated rings. The summed E-state index contributed by atoms with van der Waals surface area (Å²) in [5.74, 6) is 0.467. The molecular weight excluding hydrogens is 368 g/mol. The number of hydrogen-bond acceptors (Lipinski definition) is 5. The van der Waals surface area contributed by atoms with E-state index in [4.69, 9.17) is 5.14 Å². The van der Waals surface area contributed by atoms with E-state index in [9.17, 15) is 13.2 Å². The lowest BCUT2D eigenvalue weighted by molar-refractivity contribution is -0.117. The second-order valence-corrected chi connectivity index (χ2v) is 8.18. The van der Waals surface area contributed by atoms with E-state index in [0.29, 0.717) is 25.5 Å². The van der Waals surface area contributed by atoms with Crippen molar-refractivity contribution in [3.8, 4) is 0 Å². The minimum atomic E-state index is -3.66. The van der Waals surface area contributed by atoms with Crippen molar-refractivity contribution in [2.45, 2.75) is 13.5 Å². The molecule has 0 atom stereocenters. The van der Waals surface area contributed by atoms with Crippen molar-refractivity contribution < 1.29 is 13.2 Å². The third-order valence-electron chi connectivity index (χ3n) is 4.46. The number of rotatable bonds is 6. The Morgan fingerprint density at radius 1 is 1.22 bits per heavy atom. The molecule has 1 saturated heterocycles. The molecule has 0 aliphatic carbocycles. The summed E-state index contributed by atoms with van der Waals surface area (Å²) >= 11 is 0. The second-order valence-electron chi connectivity index (χ2n) is 6.63. The second kappa shape index (κ2) is 8.17. The van der Waals surface area contributed by atoms with Crippen LogP contribution in [0.1, 0.15) is 11.1 Å². The van der Waals surface area contributed by atoms with E-state index < -0.39 is 10.2 Å². The monoisotopic (exact) mass is 392 g/mol. The standard InChI is InChI=1S/C17H24N6O3S/c1-14-3-2-4-15(11-14)12-23-16(5-6-19-23)20-17(24)13-21-7-9-22(10-8-21)27(18,25)26/h2-6,11H,7-10,12-13H2,1H3,(H,20,24)(H2,18,25,26). The van der Waals surface area contributed by atoms with Gasteiger partial charge in [-0.1, -0.05) is 29.8 Å². The maximum atomic E-state index is 12.4. The molecule has 3 rings (SSSR count). The van der Waals surface area contributed by atoms with Gasteiger partial charge in [0.1, 0.15) is 5.82 Å². The Morgan fingerprint density at radius 3 is 2.63 bits per heavy atom. The predicted octanol–water partition coefficient (Wildman–Crippen LogP) is -0.000580. The lowest BCUT2D eigenvalue weighted by Gasteiger charge is -2.32. The van der Waals surface area contributed by atoms with E-state index in [1.165, 1.54) is 9.87 Å². The molecule has 146 valence electrons. The van der Waals surface area contributed by atoms with E-state index >= 15 is 0 Å². The Kier molecular flexibility index (Phi) is 5.90. The number of carbonyl (C=O) groups excluding carboxylic acids is 1. The van der Waals surface area contributed by atoms with Crippen LogP contribution in [-0.2, 0) is 21.5 Å². The van der Waals surface area contributed by atoms with Crippen molar-refractivity contribution in [3.63, 3.8) is 0 Å². The Hall–Kier alpha value is -2.27. The highest BCUT2D eigenvalue weighted by atomic mass is 32.2. The van der Waals surface area contributed by atoms with Crippen LogP contribution in [0.25, 0.3) is 0 Å². The molecule has 3 N–H and O–H groups in total. The number of aryl methyl sites for hydroxylation is 1. The number of nitrogens with two attached hydrogens (primary N) is 1. The smallest absolute Gasteiger partial charge is 0.276 e. The number of piperazine rings is 1. The highest BCUT2D eigenvalue weighted by molar-refractivity contribution is 7.86. The number of carbonyl (C=O) groups is 1. The molecule has 0 unspecified atom stereocenters. The molecule has 0 radical (unpaired) electrons. The van der Waals surface area contributed by atoms with Gasteiger partial charge in [-0.2, -0.15) is 17.8 Å². The number of anilines is 1. The van der Waals surface area contributed by atoms with Crippen molar-refractivity contribution in [3.05, 3.63) is 47.7 Å². The Labute approximate surface area is 158 Å². The summed E-state index contributed by atoms with van der Waals surface area (Å²) in [6.45, 7) is 4.30. The van der Waals surface area contributed by atoms with Gasteiger partial charge in [0.05, 0.1) is 19.3 Å². The predicted molar refractivity (Wildman–Crippen MR) is 102 cm³/mol. The third kappa shape index (κ3) is 5.36. The van der Waals surface area contributed by atoms with Gasteiger partial charge in [-0.25, -0.2) is 9.82 Å². The van der Waals surface area contributed by atoms with Crippen molar-refractivity contribution >= 4 is 21.9 Å². The lowest BCUT2D eigenvalue weighted by atomic mass is 10.1. The minimum Gasteiger partial charge on any atom is -0.310 e. The number of nitrogens with one attached hydrogen (secondary N) is 1. The molecule has 1 aromatic carbocycles. The van der Waals surface area contributed by atoms with E-state index in [2.05, 4.69) is 16.5 Å². The molecule has 1 aliphatic heterocycles. The third-order valence-corrected chi connectivity index (χ3v) is 5.54. The van der Waals surface area contributed by atoms with Gasteiger partial charge in [-0.15, -0.1) is 0 Å². The summed E-state index contributed by atoms with van der Waals surface area (Å²) < 4.78 is 25.6. The van der Waals surface area contributed by atoms with E-state index in [1.54, 1.807) is 16.9 Å². The first-order valence-electron chi connectivity index (χ1n) is 8.69. The average molecular weight is 392 g/mol. The van der Waals surface area contributed by atoms with Crippen LogP contribution in [0.4, 0.5) is 5.82 Å². The minimum absolute atomic E-state index is 0.162. The van der Waals surface area contributed by atoms with Crippen molar-refractivity contribution in [1.82, 2.24) is 19.0 Å². The van der Waals surface area contributed by atoms with Crippen LogP contribution in [0.2, 0.25) is 0 Å². The zero-order valence-electron chi connectivity index (χ0n) is 15.2. The zero-order valence-corrected chi connectivity index (χ0v) is 16.0. The van der Waals surface area contributed by atoms with Crippen LogP contribution in [0.15, 0.2) is 36.5 Å². The summed E-state index contributed by atoms with van der Waals surface area (Å²) in [4.78, 5) is 14.3. The molecule has 1 aromatic heterocycles. The molecule has 0 bridgehead atoms. The quantitative estimate of drug-likeness (QED) is 0.718. The van der Waals surface area contributed by atoms with Crippen molar-refractivity contribution in [2.24, 2.45) is 5.14 Å². The van der Waals surface area contributed by atoms with Crippen molar-refractivity contribution in [2.75, 3.05) is 38.0 Å². The summed E-state index contributed by atoms with van der Waals surface area (Å²) in [7, 11) is -3.66. The number of amides is 1. The van der Waals surface area contributed by atoms with Crippen LogP contribution in [-0.4, -0.2) is 66.0 Å². The van der Waals surface area contributed by atoms with Gasteiger partial charge >= 0.3 is 0 Å². The number of aromatic nitrogens is 2. The summed E-state index contributed by atoms with van der Waals surface area (Å²) in [5, 5.41) is 12.3. The fraction of sp³-hybridized carbons (Fsp3) is 0.412. The fourth-order valence-electron chi connectivity index (χ4n) is 3.08. The molecule has 10 heteroatoms. The molecule has 9 nitrogen and oxygen atoms in total. The van der Waals surface area contributed by atoms with E-state index in [0.717, 1.165) is 5.56 Å². The van der Waals surface area contributed by atoms with Gasteiger partial charge in [-0.05, 0) is 12.5 Å². The average Bonchev–Trinajstić information content (AvgIpc) is 3.01. The first-order valence-corrected chi connectivity index (χ1v) is 10.2. The van der Waals surface area contributed by atoms with Crippen LogP contribution < -0.4 is 10.5 Å². The molecular formula is C17H24N6O3S. The molecule has 1 aliphatic rings. The first-order chi connectivity index (χ1) is 12.8. The summed E-state index contributed by atoms with van der Waals surface area (Å²) in [5.41, 5.74) is 2.28. The molecule has 1 amide bonds. The van der Waals surface area contributed by atoms with Gasteiger partial charge < -0.3 is 5.32 Å². The molecule has 0 saturated carbocycles. The van der Waals surface area contributed by atoms with Crippen LogP contribution >= 0.6 is 0 Å². The Balaban J connectivity index is 1.54. The van der Waals surface area contributed by atoms with Crippen LogP contribution in [0.5, 0.6) is 0 Å². The van der Waals surface area contributed by atoms with Gasteiger partial charge in [0, 0.05) is 32.2 Å². The van der Waals surface area contributed by atoms with E-state index in [1.807, 2.05) is 30.0 Å². The first kappa shape index (κ1) is 19.5. The molecule has 2 heterocycles. The Morgan fingerprint density at radius 2 is 1.96 bits per heavy atom. The van der Waals surface area contributed by atoms with Gasteiger partial charge in [0.2, 0.25) is 5.91 Å². The normalized spacial score (nSPS) is 16.4. The molecule has 2 aromatic rings. The van der Waals surface area contributed by atoms with Gasteiger partial charge in [-0.3, -0.25) is 9.69 Å². The van der Waals surface area contributed by atoms with Crippen LogP contribution in [0, 0.1) is 6.92 Å². The molecule has 27 heavy (non-hydrogen) atoms. The topological polar surface area (TPSA) is 114 Å².